The van der Waals surface area contributed by atoms with E-state index in [1.807, 2.05) is 45.0 Å². The molecule has 33 heavy (non-hydrogen) atoms. The van der Waals surface area contributed by atoms with Crippen LogP contribution in [-0.4, -0.2) is 14.2 Å². The molecular weight excluding hydrogens is 436 g/mol. The largest absolute Gasteiger partial charge is 0.384 e. The van der Waals surface area contributed by atoms with E-state index in [0.29, 0.717) is 29.7 Å². The molecule has 4 rings (SSSR count). The van der Waals surface area contributed by atoms with Crippen LogP contribution in [0.25, 0.3) is 0 Å². The molecule has 0 fully saturated rings. The third-order valence-electron chi connectivity index (χ3n) is 6.22. The first-order chi connectivity index (χ1) is 15.4. The van der Waals surface area contributed by atoms with Gasteiger partial charge in [0.1, 0.15) is 5.82 Å². The number of nitriles is 1. The maximum absolute atomic E-state index is 13.5. The van der Waals surface area contributed by atoms with Crippen molar-refractivity contribution in [3.63, 3.8) is 0 Å². The highest BCUT2D eigenvalue weighted by Crippen LogP contribution is 2.50. The van der Waals surface area contributed by atoms with Crippen LogP contribution in [0.2, 0.25) is 0 Å². The van der Waals surface area contributed by atoms with Crippen molar-refractivity contribution in [1.29, 1.82) is 5.26 Å². The Morgan fingerprint density at radius 2 is 1.67 bits per heavy atom. The van der Waals surface area contributed by atoms with E-state index in [0.717, 1.165) is 16.8 Å². The van der Waals surface area contributed by atoms with E-state index in [9.17, 15) is 18.5 Å². The highest BCUT2D eigenvalue weighted by molar-refractivity contribution is 7.89. The molecule has 170 valence electrons. The summed E-state index contributed by atoms with van der Waals surface area (Å²) in [5.74, 6) is -0.331. The van der Waals surface area contributed by atoms with Crippen LogP contribution >= 0.6 is 0 Å². The Bertz CT molecular complexity index is 1350. The van der Waals surface area contributed by atoms with Gasteiger partial charge in [-0.25, -0.2) is 13.6 Å². The maximum Gasteiger partial charge on any atom is 0.238 e. The molecule has 2 aliphatic rings. The van der Waals surface area contributed by atoms with E-state index in [2.05, 4.69) is 6.07 Å². The number of carbonyl (C=O) groups excluding carboxylic acids is 1. The zero-order chi connectivity index (χ0) is 24.1. The summed E-state index contributed by atoms with van der Waals surface area (Å²) in [5.41, 5.74) is 10.4. The topological polar surface area (TPSA) is 130 Å². The van der Waals surface area contributed by atoms with Crippen LogP contribution in [0.4, 0.5) is 5.69 Å². The number of nitrogens with zero attached hydrogens (tertiary/aromatic N) is 2. The number of hydrogen-bond acceptors (Lipinski definition) is 6. The standard InChI is InChI=1S/C25H26N4O3S/c1-15-4-6-16(7-5-15)22-19(14-26)24(27)29(17-8-10-18(11-9-17)33(28,31)32)20-12-25(2,3)13-21(30)23(20)22/h4-11,22H,12-13,27H2,1-3H3,(H2,28,31,32)/t22-/m0/s1. The lowest BCUT2D eigenvalue weighted by Crippen LogP contribution is -2.42. The zero-order valence-electron chi connectivity index (χ0n) is 18.8. The Kier molecular flexibility index (Phi) is 5.43. The van der Waals surface area contributed by atoms with E-state index in [1.54, 1.807) is 17.0 Å². The second-order valence-electron chi connectivity index (χ2n) is 9.43. The van der Waals surface area contributed by atoms with Crippen LogP contribution in [0.15, 0.2) is 76.1 Å². The molecule has 7 nitrogen and oxygen atoms in total. The number of aryl methyl sites for hydroxylation is 1. The molecule has 1 heterocycles. The van der Waals surface area contributed by atoms with Crippen LogP contribution in [0.3, 0.4) is 0 Å². The third kappa shape index (κ3) is 4.06. The number of allylic oxidation sites excluding steroid dienone is 3. The summed E-state index contributed by atoms with van der Waals surface area (Å²) in [6, 6.07) is 16.0. The van der Waals surface area contributed by atoms with Gasteiger partial charge in [-0.3, -0.25) is 9.69 Å². The van der Waals surface area contributed by atoms with Crippen molar-refractivity contribution < 1.29 is 13.2 Å². The number of ketones is 1. The number of benzene rings is 2. The van der Waals surface area contributed by atoms with Gasteiger partial charge in [-0.15, -0.1) is 0 Å². The van der Waals surface area contributed by atoms with Crippen LogP contribution in [0.5, 0.6) is 0 Å². The first kappa shape index (κ1) is 22.8. The molecule has 0 bridgehead atoms. The number of Topliss-reactive ketones (excluding diaryl/α,β-unsaturated/α-hetero) is 1. The van der Waals surface area contributed by atoms with Crippen molar-refractivity contribution in [2.75, 3.05) is 4.90 Å². The Labute approximate surface area is 194 Å². The first-order valence-electron chi connectivity index (χ1n) is 10.6. The monoisotopic (exact) mass is 462 g/mol. The van der Waals surface area contributed by atoms with Crippen LogP contribution in [0, 0.1) is 23.7 Å². The molecule has 2 aromatic carbocycles. The van der Waals surface area contributed by atoms with Gasteiger partial charge in [0.05, 0.1) is 22.5 Å². The number of primary sulfonamides is 1. The molecule has 0 aromatic heterocycles. The molecule has 0 saturated carbocycles. The number of nitrogens with two attached hydrogens (primary N) is 2. The molecule has 8 heteroatoms. The van der Waals surface area contributed by atoms with Gasteiger partial charge in [-0.05, 0) is 48.6 Å². The maximum atomic E-state index is 13.5. The Balaban J connectivity index is 1.96. The fraction of sp³-hybridized carbons (Fsp3) is 0.280. The lowest BCUT2D eigenvalue weighted by Gasteiger charge is -2.43. The van der Waals surface area contributed by atoms with Crippen molar-refractivity contribution in [2.45, 2.75) is 44.4 Å². The molecule has 4 N–H and O–H groups in total. The zero-order valence-corrected chi connectivity index (χ0v) is 19.6. The van der Waals surface area contributed by atoms with Crippen molar-refractivity contribution in [3.8, 4) is 6.07 Å². The highest BCUT2D eigenvalue weighted by Gasteiger charge is 2.44. The number of hydrogen-bond donors (Lipinski definition) is 2. The van der Waals surface area contributed by atoms with Crippen LogP contribution in [-0.2, 0) is 14.8 Å². The number of carbonyl (C=O) groups is 1. The molecule has 0 radical (unpaired) electrons. The minimum Gasteiger partial charge on any atom is -0.384 e. The summed E-state index contributed by atoms with van der Waals surface area (Å²) < 4.78 is 23.4. The normalized spacial score (nSPS) is 20.5. The Morgan fingerprint density at radius 3 is 2.21 bits per heavy atom. The van der Waals surface area contributed by atoms with E-state index in [-0.39, 0.29) is 21.9 Å². The van der Waals surface area contributed by atoms with E-state index in [4.69, 9.17) is 10.9 Å². The van der Waals surface area contributed by atoms with E-state index >= 15 is 0 Å². The predicted octanol–water partition coefficient (Wildman–Crippen LogP) is 3.58. The number of sulfonamides is 1. The first-order valence-corrected chi connectivity index (χ1v) is 12.1. The molecule has 0 amide bonds. The quantitative estimate of drug-likeness (QED) is 0.717. The van der Waals surface area contributed by atoms with Gasteiger partial charge in [-0.2, -0.15) is 5.26 Å². The summed E-state index contributed by atoms with van der Waals surface area (Å²) in [5, 5.41) is 15.3. The average Bonchev–Trinajstić information content (AvgIpc) is 2.72. The van der Waals surface area contributed by atoms with Gasteiger partial charge >= 0.3 is 0 Å². The number of rotatable bonds is 3. The van der Waals surface area contributed by atoms with Crippen molar-refractivity contribution in [3.05, 3.63) is 82.3 Å². The van der Waals surface area contributed by atoms with Crippen molar-refractivity contribution >= 4 is 21.5 Å². The lowest BCUT2D eigenvalue weighted by molar-refractivity contribution is -0.118. The van der Waals surface area contributed by atoms with Crippen LogP contribution < -0.4 is 15.8 Å². The summed E-state index contributed by atoms with van der Waals surface area (Å²) in [7, 11) is -3.86. The van der Waals surface area contributed by atoms with E-state index in [1.165, 1.54) is 12.1 Å². The van der Waals surface area contributed by atoms with E-state index < -0.39 is 15.9 Å². The Morgan fingerprint density at radius 1 is 1.06 bits per heavy atom. The summed E-state index contributed by atoms with van der Waals surface area (Å²) in [6.45, 7) is 6.03. The third-order valence-corrected chi connectivity index (χ3v) is 7.14. The molecule has 0 saturated heterocycles. The van der Waals surface area contributed by atoms with Gasteiger partial charge in [0.2, 0.25) is 10.0 Å². The highest BCUT2D eigenvalue weighted by atomic mass is 32.2. The second kappa shape index (κ2) is 7.87. The molecule has 1 aliphatic carbocycles. The fourth-order valence-corrected chi connectivity index (χ4v) is 5.20. The van der Waals surface area contributed by atoms with Crippen molar-refractivity contribution in [2.24, 2.45) is 16.3 Å². The second-order valence-corrected chi connectivity index (χ2v) is 11.0. The van der Waals surface area contributed by atoms with Crippen LogP contribution in [0.1, 0.15) is 43.7 Å². The molecule has 0 spiro atoms. The predicted molar refractivity (Wildman–Crippen MR) is 126 cm³/mol. The van der Waals surface area contributed by atoms with Gasteiger partial charge < -0.3 is 5.73 Å². The summed E-state index contributed by atoms with van der Waals surface area (Å²) >= 11 is 0. The minimum absolute atomic E-state index is 0.0155. The minimum atomic E-state index is -3.86. The van der Waals surface area contributed by atoms with Gasteiger partial charge in [0.15, 0.2) is 5.78 Å². The molecule has 1 aliphatic heterocycles. The fourth-order valence-electron chi connectivity index (χ4n) is 4.68. The Hall–Kier alpha value is -3.41. The molecular formula is C25H26N4O3S. The summed E-state index contributed by atoms with van der Waals surface area (Å²) in [4.78, 5) is 15.2. The average molecular weight is 463 g/mol. The molecule has 0 unspecified atom stereocenters. The van der Waals surface area contributed by atoms with Crippen molar-refractivity contribution in [1.82, 2.24) is 0 Å². The van der Waals surface area contributed by atoms with Gasteiger partial charge in [-0.1, -0.05) is 43.7 Å². The molecule has 2 aromatic rings. The molecule has 1 atom stereocenters. The summed E-state index contributed by atoms with van der Waals surface area (Å²) in [6.07, 6.45) is 0.942. The number of anilines is 1. The SMILES string of the molecule is Cc1ccc([C@H]2C(C#N)=C(N)N(c3ccc(S(N)(=O)=O)cc3)C3=C2C(=O)CC(C)(C)C3)cc1. The smallest absolute Gasteiger partial charge is 0.238 e. The van der Waals surface area contributed by atoms with Gasteiger partial charge in [0, 0.05) is 23.4 Å². The lowest BCUT2D eigenvalue weighted by atomic mass is 9.68. The van der Waals surface area contributed by atoms with Gasteiger partial charge in [0.25, 0.3) is 0 Å².